The van der Waals surface area contributed by atoms with Crippen molar-refractivity contribution in [2.75, 3.05) is 0 Å². The van der Waals surface area contributed by atoms with Crippen molar-refractivity contribution < 1.29 is 5.11 Å². The molecular weight excluding hydrogens is 216 g/mol. The second-order valence-corrected chi connectivity index (χ2v) is 4.17. The minimum atomic E-state index is 0.348. The van der Waals surface area contributed by atoms with Crippen LogP contribution in [-0.4, -0.2) is 5.11 Å². The molecule has 0 heterocycles. The summed E-state index contributed by atoms with van der Waals surface area (Å²) in [6.07, 6.45) is 0.819. The molecule has 0 amide bonds. The van der Waals surface area contributed by atoms with Gasteiger partial charge in [-0.05, 0) is 23.6 Å². The van der Waals surface area contributed by atoms with Gasteiger partial charge in [-0.3, -0.25) is 0 Å². The van der Waals surface area contributed by atoms with Crippen molar-refractivity contribution in [3.05, 3.63) is 48.0 Å². The molecule has 0 unspecified atom stereocenters. The summed E-state index contributed by atoms with van der Waals surface area (Å²) >= 11 is 4.41. The van der Waals surface area contributed by atoms with Crippen molar-refractivity contribution in [2.24, 2.45) is 0 Å². The highest BCUT2D eigenvalue weighted by atomic mass is 32.1. The second-order valence-electron chi connectivity index (χ2n) is 3.69. The van der Waals surface area contributed by atoms with Crippen LogP contribution in [0.25, 0.3) is 11.1 Å². The molecule has 0 saturated heterocycles. The molecule has 0 aliphatic carbocycles. The molecule has 0 aromatic heterocycles. The van der Waals surface area contributed by atoms with Crippen LogP contribution in [0.4, 0.5) is 0 Å². The maximum absolute atomic E-state index is 10.2. The number of hydrogen-bond acceptors (Lipinski definition) is 2. The number of thiol groups is 1. The highest BCUT2D eigenvalue weighted by molar-refractivity contribution is 7.80. The van der Waals surface area contributed by atoms with E-state index in [2.05, 4.69) is 12.6 Å². The molecule has 82 valence electrons. The van der Waals surface area contributed by atoms with Crippen molar-refractivity contribution in [2.45, 2.75) is 18.2 Å². The third kappa shape index (κ3) is 1.93. The van der Waals surface area contributed by atoms with Gasteiger partial charge in [-0.2, -0.15) is 0 Å². The molecule has 2 aromatic carbocycles. The molecule has 0 spiro atoms. The molecule has 1 nitrogen and oxygen atoms in total. The van der Waals surface area contributed by atoms with Gasteiger partial charge in [-0.15, -0.1) is 12.6 Å². The van der Waals surface area contributed by atoms with Crippen LogP contribution in [-0.2, 0) is 6.42 Å². The van der Waals surface area contributed by atoms with Gasteiger partial charge in [0.1, 0.15) is 5.75 Å². The van der Waals surface area contributed by atoms with E-state index in [4.69, 9.17) is 0 Å². The molecule has 2 rings (SSSR count). The van der Waals surface area contributed by atoms with Crippen molar-refractivity contribution in [1.82, 2.24) is 0 Å². The quantitative estimate of drug-likeness (QED) is 0.749. The van der Waals surface area contributed by atoms with E-state index in [1.807, 2.05) is 49.4 Å². The molecule has 1 N–H and O–H groups in total. The lowest BCUT2D eigenvalue weighted by Gasteiger charge is -2.11. The van der Waals surface area contributed by atoms with E-state index in [1.165, 1.54) is 0 Å². The normalized spacial score (nSPS) is 10.4. The molecule has 0 atom stereocenters. The summed E-state index contributed by atoms with van der Waals surface area (Å²) in [4.78, 5) is 0.806. The van der Waals surface area contributed by atoms with Gasteiger partial charge in [0.2, 0.25) is 0 Å². The van der Waals surface area contributed by atoms with E-state index in [-0.39, 0.29) is 0 Å². The van der Waals surface area contributed by atoms with Gasteiger partial charge < -0.3 is 5.11 Å². The van der Waals surface area contributed by atoms with Gasteiger partial charge in [-0.25, -0.2) is 0 Å². The summed E-state index contributed by atoms with van der Waals surface area (Å²) in [7, 11) is 0. The number of aromatic hydroxyl groups is 1. The van der Waals surface area contributed by atoms with E-state index >= 15 is 0 Å². The predicted octanol–water partition coefficient (Wildman–Crippen LogP) is 3.91. The minimum Gasteiger partial charge on any atom is -0.507 e. The largest absolute Gasteiger partial charge is 0.507 e. The van der Waals surface area contributed by atoms with Crippen LogP contribution in [0.15, 0.2) is 47.4 Å². The monoisotopic (exact) mass is 230 g/mol. The number of rotatable bonds is 2. The lowest BCUT2D eigenvalue weighted by Crippen LogP contribution is -1.87. The summed E-state index contributed by atoms with van der Waals surface area (Å²) in [5.41, 5.74) is 2.78. The molecule has 0 fully saturated rings. The Hall–Kier alpha value is -1.41. The molecule has 0 radical (unpaired) electrons. The highest BCUT2D eigenvalue weighted by Crippen LogP contribution is 2.37. The Bertz CT molecular complexity index is 492. The third-order valence-corrected chi connectivity index (χ3v) is 3.06. The van der Waals surface area contributed by atoms with Crippen LogP contribution >= 0.6 is 12.6 Å². The van der Waals surface area contributed by atoms with Crippen LogP contribution in [0.3, 0.4) is 0 Å². The first-order valence-corrected chi connectivity index (χ1v) is 5.78. The molecule has 0 saturated carbocycles. The van der Waals surface area contributed by atoms with E-state index in [0.717, 1.165) is 28.0 Å². The number of aryl methyl sites for hydroxylation is 1. The van der Waals surface area contributed by atoms with E-state index in [9.17, 15) is 5.11 Å². The molecule has 0 aliphatic rings. The summed E-state index contributed by atoms with van der Waals surface area (Å²) in [5.74, 6) is 0.348. The molecule has 2 aromatic rings. The fourth-order valence-corrected chi connectivity index (χ4v) is 2.11. The topological polar surface area (TPSA) is 20.2 Å². The van der Waals surface area contributed by atoms with Gasteiger partial charge in [0, 0.05) is 10.5 Å². The first-order valence-electron chi connectivity index (χ1n) is 5.33. The van der Waals surface area contributed by atoms with E-state index in [1.54, 1.807) is 0 Å². The van der Waals surface area contributed by atoms with Crippen LogP contribution in [0.2, 0.25) is 0 Å². The number of hydrogen-bond donors (Lipinski definition) is 2. The SMILES string of the molecule is CCc1ccc(S)c(-c2ccccc2)c1O. The smallest absolute Gasteiger partial charge is 0.127 e. The zero-order valence-electron chi connectivity index (χ0n) is 9.14. The summed E-state index contributed by atoms with van der Waals surface area (Å²) in [5, 5.41) is 10.2. The van der Waals surface area contributed by atoms with Gasteiger partial charge in [0.15, 0.2) is 0 Å². The third-order valence-electron chi connectivity index (χ3n) is 2.68. The molecule has 0 aliphatic heterocycles. The lowest BCUT2D eigenvalue weighted by molar-refractivity contribution is 0.469. The van der Waals surface area contributed by atoms with E-state index < -0.39 is 0 Å². The molecule has 0 bridgehead atoms. The van der Waals surface area contributed by atoms with Gasteiger partial charge >= 0.3 is 0 Å². The number of benzene rings is 2. The second kappa shape index (κ2) is 4.62. The summed E-state index contributed by atoms with van der Waals surface area (Å²) in [6, 6.07) is 13.7. The number of phenolic OH excluding ortho intramolecular Hbond substituents is 1. The lowest BCUT2D eigenvalue weighted by atomic mass is 10.0. The Morgan fingerprint density at radius 1 is 1.06 bits per heavy atom. The zero-order valence-corrected chi connectivity index (χ0v) is 10.0. The summed E-state index contributed by atoms with van der Waals surface area (Å²) in [6.45, 7) is 2.03. The molecule has 16 heavy (non-hydrogen) atoms. The van der Waals surface area contributed by atoms with Crippen molar-refractivity contribution >= 4 is 12.6 Å². The van der Waals surface area contributed by atoms with Crippen LogP contribution in [0.1, 0.15) is 12.5 Å². The Morgan fingerprint density at radius 2 is 1.75 bits per heavy atom. The zero-order chi connectivity index (χ0) is 11.5. The first-order chi connectivity index (χ1) is 7.74. The predicted molar refractivity (Wildman–Crippen MR) is 70.2 cm³/mol. The Kier molecular flexibility index (Phi) is 3.20. The fourth-order valence-electron chi connectivity index (χ4n) is 1.80. The van der Waals surface area contributed by atoms with Gasteiger partial charge in [-0.1, -0.05) is 43.3 Å². The van der Waals surface area contributed by atoms with Gasteiger partial charge in [0.05, 0.1) is 0 Å². The molecule has 2 heteroatoms. The fraction of sp³-hybridized carbons (Fsp3) is 0.143. The van der Waals surface area contributed by atoms with Crippen LogP contribution < -0.4 is 0 Å². The first kappa shape index (κ1) is 11.1. The van der Waals surface area contributed by atoms with Crippen LogP contribution in [0.5, 0.6) is 5.75 Å². The van der Waals surface area contributed by atoms with Gasteiger partial charge in [0.25, 0.3) is 0 Å². The average molecular weight is 230 g/mol. The maximum Gasteiger partial charge on any atom is 0.127 e. The van der Waals surface area contributed by atoms with Crippen LogP contribution in [0, 0.1) is 0 Å². The Balaban J connectivity index is 2.64. The van der Waals surface area contributed by atoms with E-state index in [0.29, 0.717) is 5.75 Å². The maximum atomic E-state index is 10.2. The average Bonchev–Trinajstić information content (AvgIpc) is 2.31. The standard InChI is InChI=1S/C14H14OS/c1-2-10-8-9-12(16)13(14(10)15)11-6-4-3-5-7-11/h3-9,15-16H,2H2,1H3. The number of phenols is 1. The van der Waals surface area contributed by atoms with Crippen molar-refractivity contribution in [3.8, 4) is 16.9 Å². The summed E-state index contributed by atoms with van der Waals surface area (Å²) < 4.78 is 0. The Labute approximate surface area is 101 Å². The van der Waals surface area contributed by atoms with Crippen molar-refractivity contribution in [1.29, 1.82) is 0 Å². The Morgan fingerprint density at radius 3 is 2.38 bits per heavy atom. The van der Waals surface area contributed by atoms with Crippen molar-refractivity contribution in [3.63, 3.8) is 0 Å². The highest BCUT2D eigenvalue weighted by Gasteiger charge is 2.11. The molecular formula is C14H14OS. The minimum absolute atomic E-state index is 0.348.